The highest BCUT2D eigenvalue weighted by Crippen LogP contribution is 2.34. The summed E-state index contributed by atoms with van der Waals surface area (Å²) in [6.45, 7) is 8.54. The van der Waals surface area contributed by atoms with Gasteiger partial charge >= 0.3 is 0 Å². The van der Waals surface area contributed by atoms with E-state index in [1.165, 1.54) is 80.3 Å². The van der Waals surface area contributed by atoms with Crippen molar-refractivity contribution in [1.82, 2.24) is 0 Å². The Hall–Kier alpha value is -1.96. The first kappa shape index (κ1) is 23.3. The Balaban J connectivity index is 0.000000207. The van der Waals surface area contributed by atoms with E-state index >= 15 is 0 Å². The number of hydrogen-bond acceptors (Lipinski definition) is 2. The lowest BCUT2D eigenvalue weighted by Crippen LogP contribution is -2.00. The van der Waals surface area contributed by atoms with Crippen LogP contribution in [-0.2, 0) is 6.42 Å². The van der Waals surface area contributed by atoms with Crippen LogP contribution in [-0.4, -0.2) is 13.1 Å². The molecule has 1 aliphatic carbocycles. The van der Waals surface area contributed by atoms with Crippen molar-refractivity contribution in [3.63, 3.8) is 0 Å². The van der Waals surface area contributed by atoms with Gasteiger partial charge in [0.25, 0.3) is 0 Å². The molecule has 0 aliphatic heterocycles. The molecule has 2 aromatic carbocycles. The van der Waals surface area contributed by atoms with Crippen molar-refractivity contribution in [2.45, 2.75) is 84.5 Å². The third kappa shape index (κ3) is 8.51. The molecule has 0 unspecified atom stereocenters. The normalized spacial score (nSPS) is 13.6. The van der Waals surface area contributed by atoms with E-state index in [9.17, 15) is 0 Å². The molecule has 0 radical (unpaired) electrons. The smallest absolute Gasteiger partial charge is 0.0372 e. The number of unbranched alkanes of at least 4 members (excludes halogenated alkanes) is 3. The highest BCUT2D eigenvalue weighted by atomic mass is 14.9. The lowest BCUT2D eigenvalue weighted by molar-refractivity contribution is 0.667. The molecule has 0 heterocycles. The van der Waals surface area contributed by atoms with E-state index in [0.717, 1.165) is 19.0 Å². The van der Waals surface area contributed by atoms with Gasteiger partial charge in [0.05, 0.1) is 0 Å². The minimum Gasteiger partial charge on any atom is -0.385 e. The van der Waals surface area contributed by atoms with Crippen LogP contribution < -0.4 is 10.6 Å². The molecule has 1 saturated carbocycles. The predicted molar refractivity (Wildman–Crippen MR) is 130 cm³/mol. The van der Waals surface area contributed by atoms with Gasteiger partial charge in [-0.1, -0.05) is 69.4 Å². The highest BCUT2D eigenvalue weighted by Gasteiger charge is 2.16. The van der Waals surface area contributed by atoms with Crippen molar-refractivity contribution in [2.75, 3.05) is 23.7 Å². The summed E-state index contributed by atoms with van der Waals surface area (Å²) >= 11 is 0. The Kier molecular flexibility index (Phi) is 11.3. The second kappa shape index (κ2) is 14.1. The van der Waals surface area contributed by atoms with Crippen LogP contribution in [0.15, 0.2) is 48.5 Å². The van der Waals surface area contributed by atoms with Crippen LogP contribution in [0.3, 0.4) is 0 Å². The van der Waals surface area contributed by atoms with E-state index in [1.807, 2.05) is 0 Å². The molecule has 160 valence electrons. The van der Waals surface area contributed by atoms with Gasteiger partial charge in [0.2, 0.25) is 0 Å². The molecule has 0 amide bonds. The summed E-state index contributed by atoms with van der Waals surface area (Å²) in [5, 5.41) is 6.74. The number of hydrogen-bond donors (Lipinski definition) is 2. The zero-order valence-electron chi connectivity index (χ0n) is 19.0. The fraction of sp³-hybridized carbons (Fsp3) is 0.556. The van der Waals surface area contributed by atoms with Crippen LogP contribution in [0, 0.1) is 0 Å². The third-order valence-electron chi connectivity index (χ3n) is 5.80. The highest BCUT2D eigenvalue weighted by molar-refractivity contribution is 5.51. The van der Waals surface area contributed by atoms with Crippen LogP contribution in [0.2, 0.25) is 0 Å². The van der Waals surface area contributed by atoms with E-state index in [1.54, 1.807) is 0 Å². The van der Waals surface area contributed by atoms with Crippen LogP contribution in [0.5, 0.6) is 0 Å². The predicted octanol–water partition coefficient (Wildman–Crippen LogP) is 8.02. The zero-order valence-corrected chi connectivity index (χ0v) is 19.0. The van der Waals surface area contributed by atoms with Crippen LogP contribution >= 0.6 is 0 Å². The van der Waals surface area contributed by atoms with Gasteiger partial charge in [0.15, 0.2) is 0 Å². The second-order valence-corrected chi connectivity index (χ2v) is 8.13. The SMILES string of the molecule is CCCCCCc1ccccc1NCC.CCNc1ccc(C2CCCC2)cc1. The van der Waals surface area contributed by atoms with Crippen molar-refractivity contribution in [3.8, 4) is 0 Å². The maximum atomic E-state index is 3.42. The zero-order chi connectivity index (χ0) is 20.7. The largest absolute Gasteiger partial charge is 0.385 e. The van der Waals surface area contributed by atoms with Gasteiger partial charge in [-0.3, -0.25) is 0 Å². The van der Waals surface area contributed by atoms with E-state index in [2.05, 4.69) is 79.9 Å². The molecule has 3 rings (SSSR count). The molecule has 0 atom stereocenters. The average molecular weight is 395 g/mol. The Morgan fingerprint density at radius 3 is 2.10 bits per heavy atom. The summed E-state index contributed by atoms with van der Waals surface area (Å²) in [6.07, 6.45) is 12.2. The van der Waals surface area contributed by atoms with Crippen LogP contribution in [0.25, 0.3) is 0 Å². The molecule has 0 spiro atoms. The molecule has 29 heavy (non-hydrogen) atoms. The van der Waals surface area contributed by atoms with Crippen molar-refractivity contribution in [3.05, 3.63) is 59.7 Å². The Morgan fingerprint density at radius 2 is 1.45 bits per heavy atom. The summed E-state index contributed by atoms with van der Waals surface area (Å²) < 4.78 is 0. The molecule has 0 aromatic heterocycles. The van der Waals surface area contributed by atoms with Gasteiger partial charge in [0.1, 0.15) is 0 Å². The number of rotatable bonds is 10. The summed E-state index contributed by atoms with van der Waals surface area (Å²) in [5.74, 6) is 0.839. The first-order valence-corrected chi connectivity index (χ1v) is 11.9. The van der Waals surface area contributed by atoms with Gasteiger partial charge in [0, 0.05) is 24.5 Å². The number of benzene rings is 2. The molecule has 2 heteroatoms. The van der Waals surface area contributed by atoms with Crippen molar-refractivity contribution in [1.29, 1.82) is 0 Å². The Bertz CT molecular complexity index is 656. The Labute approximate surface area is 179 Å². The quantitative estimate of drug-likeness (QED) is 0.399. The van der Waals surface area contributed by atoms with Gasteiger partial charge in [-0.25, -0.2) is 0 Å². The first-order valence-electron chi connectivity index (χ1n) is 11.9. The minimum atomic E-state index is 0.839. The molecular weight excluding hydrogens is 352 g/mol. The number of anilines is 2. The van der Waals surface area contributed by atoms with E-state index < -0.39 is 0 Å². The molecule has 0 saturated heterocycles. The van der Waals surface area contributed by atoms with Gasteiger partial charge < -0.3 is 10.6 Å². The topological polar surface area (TPSA) is 24.1 Å². The van der Waals surface area contributed by atoms with Crippen LogP contribution in [0.1, 0.15) is 89.2 Å². The molecule has 2 aromatic rings. The molecular formula is C27H42N2. The van der Waals surface area contributed by atoms with Gasteiger partial charge in [-0.2, -0.15) is 0 Å². The molecule has 2 nitrogen and oxygen atoms in total. The van der Waals surface area contributed by atoms with E-state index in [4.69, 9.17) is 0 Å². The number of aryl methyl sites for hydroxylation is 1. The van der Waals surface area contributed by atoms with Crippen molar-refractivity contribution < 1.29 is 0 Å². The summed E-state index contributed by atoms with van der Waals surface area (Å²) in [5.41, 5.74) is 5.56. The van der Waals surface area contributed by atoms with Crippen molar-refractivity contribution >= 4 is 11.4 Å². The van der Waals surface area contributed by atoms with E-state index in [-0.39, 0.29) is 0 Å². The first-order chi connectivity index (χ1) is 14.3. The molecule has 2 N–H and O–H groups in total. The van der Waals surface area contributed by atoms with E-state index in [0.29, 0.717) is 0 Å². The number of nitrogens with one attached hydrogen (secondary N) is 2. The monoisotopic (exact) mass is 394 g/mol. The fourth-order valence-corrected chi connectivity index (χ4v) is 4.18. The van der Waals surface area contributed by atoms with Gasteiger partial charge in [-0.15, -0.1) is 0 Å². The third-order valence-corrected chi connectivity index (χ3v) is 5.80. The molecule has 1 fully saturated rings. The number of para-hydroxylation sites is 1. The van der Waals surface area contributed by atoms with Gasteiger partial charge in [-0.05, 0) is 74.8 Å². The average Bonchev–Trinajstić information content (AvgIpc) is 3.29. The summed E-state index contributed by atoms with van der Waals surface area (Å²) in [6, 6.07) is 17.6. The van der Waals surface area contributed by atoms with Crippen LogP contribution in [0.4, 0.5) is 11.4 Å². The lowest BCUT2D eigenvalue weighted by Gasteiger charge is -2.10. The summed E-state index contributed by atoms with van der Waals surface area (Å²) in [7, 11) is 0. The molecule has 0 bridgehead atoms. The fourth-order valence-electron chi connectivity index (χ4n) is 4.18. The standard InChI is InChI=1S/C14H23N.C13H19N/c1-3-5-6-7-10-13-11-8-9-12-14(13)15-4-2;1-2-14-13-9-7-12(8-10-13)11-5-3-4-6-11/h8-9,11-12,15H,3-7,10H2,1-2H3;7-11,14H,2-6H2,1H3. The minimum absolute atomic E-state index is 0.839. The maximum Gasteiger partial charge on any atom is 0.0372 e. The lowest BCUT2D eigenvalue weighted by atomic mass is 9.98. The molecule has 1 aliphatic rings. The van der Waals surface area contributed by atoms with Crippen molar-refractivity contribution in [2.24, 2.45) is 0 Å². The maximum absolute atomic E-state index is 3.42. The summed E-state index contributed by atoms with van der Waals surface area (Å²) in [4.78, 5) is 0. The second-order valence-electron chi connectivity index (χ2n) is 8.13. The Morgan fingerprint density at radius 1 is 0.759 bits per heavy atom.